The highest BCUT2D eigenvalue weighted by Crippen LogP contribution is 2.35. The van der Waals surface area contributed by atoms with E-state index in [1.54, 1.807) is 31.4 Å². The summed E-state index contributed by atoms with van der Waals surface area (Å²) >= 11 is 5.96. The van der Waals surface area contributed by atoms with Gasteiger partial charge in [0, 0.05) is 11.4 Å². The van der Waals surface area contributed by atoms with Gasteiger partial charge in [0.25, 0.3) is 5.91 Å². The van der Waals surface area contributed by atoms with Gasteiger partial charge < -0.3 is 9.15 Å². The molecule has 1 aromatic carbocycles. The second-order valence-corrected chi connectivity index (χ2v) is 7.26. The summed E-state index contributed by atoms with van der Waals surface area (Å²) in [4.78, 5) is 24.8. The van der Waals surface area contributed by atoms with Crippen molar-refractivity contribution in [2.24, 2.45) is 11.0 Å². The fraction of sp³-hybridized carbons (Fsp3) is 0.350. The zero-order valence-electron chi connectivity index (χ0n) is 14.8. The van der Waals surface area contributed by atoms with Gasteiger partial charge in [0.15, 0.2) is 6.10 Å². The Balaban J connectivity index is 1.58. The van der Waals surface area contributed by atoms with Gasteiger partial charge in [0.2, 0.25) is 0 Å². The van der Waals surface area contributed by atoms with E-state index in [2.05, 4.69) is 5.10 Å². The highest BCUT2D eigenvalue weighted by molar-refractivity contribution is 6.30. The molecular weight excluding hydrogens is 368 g/mol. The Morgan fingerprint density at radius 2 is 2.00 bits per heavy atom. The maximum atomic E-state index is 12.9. The lowest BCUT2D eigenvalue weighted by atomic mass is 10.0. The van der Waals surface area contributed by atoms with E-state index < -0.39 is 6.10 Å². The summed E-state index contributed by atoms with van der Waals surface area (Å²) in [6, 6.07) is 10.5. The first-order chi connectivity index (χ1) is 13.0. The van der Waals surface area contributed by atoms with Crippen LogP contribution in [-0.4, -0.2) is 28.7 Å². The summed E-state index contributed by atoms with van der Waals surface area (Å²) in [5.41, 5.74) is 1.64. The van der Waals surface area contributed by atoms with Crippen LogP contribution in [0.2, 0.25) is 5.02 Å². The lowest BCUT2D eigenvalue weighted by Crippen LogP contribution is -2.37. The fourth-order valence-electron chi connectivity index (χ4n) is 3.06. The molecule has 140 valence electrons. The smallest absolute Gasteiger partial charge is 0.309 e. The van der Waals surface area contributed by atoms with Gasteiger partial charge in [-0.25, -0.2) is 5.01 Å². The third kappa shape index (κ3) is 3.76. The third-order valence-corrected chi connectivity index (χ3v) is 4.99. The second kappa shape index (κ2) is 7.19. The van der Waals surface area contributed by atoms with Crippen molar-refractivity contribution in [1.29, 1.82) is 0 Å². The number of nitrogens with zero attached hydrogens (tertiary/aromatic N) is 2. The Labute approximate surface area is 161 Å². The number of carbonyl (C=O) groups excluding carboxylic acids is 2. The van der Waals surface area contributed by atoms with Gasteiger partial charge >= 0.3 is 5.97 Å². The van der Waals surface area contributed by atoms with Crippen molar-refractivity contribution in [3.8, 4) is 0 Å². The molecule has 1 fully saturated rings. The van der Waals surface area contributed by atoms with Gasteiger partial charge in [-0.2, -0.15) is 5.10 Å². The van der Waals surface area contributed by atoms with Crippen LogP contribution in [0, 0.1) is 5.92 Å². The highest BCUT2D eigenvalue weighted by atomic mass is 35.5. The number of furan rings is 1. The van der Waals surface area contributed by atoms with Gasteiger partial charge in [-0.15, -0.1) is 0 Å². The minimum atomic E-state index is -0.899. The number of hydrogen-bond donors (Lipinski definition) is 0. The Kier molecular flexibility index (Phi) is 4.74. The van der Waals surface area contributed by atoms with Crippen molar-refractivity contribution < 1.29 is 18.7 Å². The summed E-state index contributed by atoms with van der Waals surface area (Å²) in [5, 5.41) is 6.52. The van der Waals surface area contributed by atoms with Crippen LogP contribution in [0.3, 0.4) is 0 Å². The molecule has 4 rings (SSSR count). The van der Waals surface area contributed by atoms with Crippen molar-refractivity contribution in [1.82, 2.24) is 5.01 Å². The molecule has 1 aliphatic heterocycles. The van der Waals surface area contributed by atoms with Crippen LogP contribution in [0.25, 0.3) is 0 Å². The molecule has 1 saturated carbocycles. The summed E-state index contributed by atoms with van der Waals surface area (Å²) in [7, 11) is 0. The molecule has 2 atom stereocenters. The number of amides is 1. The number of carbonyl (C=O) groups is 2. The van der Waals surface area contributed by atoms with Crippen molar-refractivity contribution in [2.45, 2.75) is 38.3 Å². The maximum absolute atomic E-state index is 12.9. The standard InChI is InChI=1S/C20H19ClN2O4/c1-12(27-20(25)14-4-5-14)19(24)23-17(18-3-2-10-26-18)11-16(22-23)13-6-8-15(21)9-7-13/h2-3,6-10,12,14,17H,4-5,11H2,1H3/t12-,17+/m1/s1. The quantitative estimate of drug-likeness (QED) is 0.729. The molecule has 7 heteroatoms. The first-order valence-corrected chi connectivity index (χ1v) is 9.31. The van der Waals surface area contributed by atoms with E-state index in [1.807, 2.05) is 18.2 Å². The van der Waals surface area contributed by atoms with Crippen LogP contribution >= 0.6 is 11.6 Å². The minimum Gasteiger partial charge on any atom is -0.467 e. The SMILES string of the molecule is C[C@@H](OC(=O)C1CC1)C(=O)N1N=C(c2ccc(Cl)cc2)C[C@H]1c1ccco1. The number of halogens is 1. The molecule has 1 aliphatic carbocycles. The van der Waals surface area contributed by atoms with E-state index in [-0.39, 0.29) is 23.8 Å². The molecule has 0 bridgehead atoms. The zero-order valence-corrected chi connectivity index (χ0v) is 15.6. The number of ether oxygens (including phenoxy) is 1. The number of benzene rings is 1. The van der Waals surface area contributed by atoms with Crippen molar-refractivity contribution in [2.75, 3.05) is 0 Å². The van der Waals surface area contributed by atoms with Gasteiger partial charge in [-0.1, -0.05) is 23.7 Å². The summed E-state index contributed by atoms with van der Waals surface area (Å²) in [6.45, 7) is 1.58. The van der Waals surface area contributed by atoms with Crippen molar-refractivity contribution in [3.63, 3.8) is 0 Å². The van der Waals surface area contributed by atoms with Crippen molar-refractivity contribution in [3.05, 3.63) is 59.0 Å². The average molecular weight is 387 g/mol. The second-order valence-electron chi connectivity index (χ2n) is 6.83. The summed E-state index contributed by atoms with van der Waals surface area (Å²) < 4.78 is 10.8. The molecule has 0 unspecified atom stereocenters. The van der Waals surface area contributed by atoms with E-state index in [0.29, 0.717) is 17.2 Å². The van der Waals surface area contributed by atoms with Gasteiger partial charge in [0.05, 0.1) is 17.9 Å². The number of hydrazone groups is 1. The first-order valence-electron chi connectivity index (χ1n) is 8.93. The van der Waals surface area contributed by atoms with Crippen LogP contribution in [0.4, 0.5) is 0 Å². The zero-order chi connectivity index (χ0) is 19.0. The molecule has 0 spiro atoms. The molecule has 27 heavy (non-hydrogen) atoms. The predicted octanol–water partition coefficient (Wildman–Crippen LogP) is 3.95. The maximum Gasteiger partial charge on any atom is 0.309 e. The Bertz CT molecular complexity index is 872. The number of hydrogen-bond acceptors (Lipinski definition) is 5. The molecule has 6 nitrogen and oxygen atoms in total. The Morgan fingerprint density at radius 1 is 1.26 bits per heavy atom. The molecule has 1 amide bonds. The molecule has 0 radical (unpaired) electrons. The lowest BCUT2D eigenvalue weighted by Gasteiger charge is -2.23. The summed E-state index contributed by atoms with van der Waals surface area (Å²) in [6.07, 6.45) is 2.83. The Morgan fingerprint density at radius 3 is 2.63 bits per heavy atom. The van der Waals surface area contributed by atoms with Crippen LogP contribution in [0.5, 0.6) is 0 Å². The van der Waals surface area contributed by atoms with Crippen LogP contribution in [-0.2, 0) is 14.3 Å². The normalized spacial score (nSPS) is 20.3. The van der Waals surface area contributed by atoms with E-state index in [0.717, 1.165) is 24.1 Å². The third-order valence-electron chi connectivity index (χ3n) is 4.74. The number of rotatable bonds is 5. The average Bonchev–Trinajstić information content (AvgIpc) is 3.20. The van der Waals surface area contributed by atoms with Gasteiger partial charge in [0.1, 0.15) is 11.8 Å². The monoisotopic (exact) mass is 386 g/mol. The topological polar surface area (TPSA) is 72.1 Å². The van der Waals surface area contributed by atoms with E-state index in [4.69, 9.17) is 20.8 Å². The van der Waals surface area contributed by atoms with Crippen molar-refractivity contribution >= 4 is 29.2 Å². The van der Waals surface area contributed by atoms with E-state index in [9.17, 15) is 9.59 Å². The predicted molar refractivity (Wildman–Crippen MR) is 99.2 cm³/mol. The minimum absolute atomic E-state index is 0.0622. The molecule has 2 aliphatic rings. The highest BCUT2D eigenvalue weighted by Gasteiger charge is 2.39. The van der Waals surface area contributed by atoms with E-state index in [1.165, 1.54) is 5.01 Å². The van der Waals surface area contributed by atoms with Crippen LogP contribution in [0.1, 0.15) is 43.6 Å². The van der Waals surface area contributed by atoms with Crippen LogP contribution < -0.4 is 0 Å². The largest absolute Gasteiger partial charge is 0.467 e. The van der Waals surface area contributed by atoms with Crippen LogP contribution in [0.15, 0.2) is 52.2 Å². The molecule has 2 heterocycles. The van der Waals surface area contributed by atoms with Gasteiger partial charge in [-0.05, 0) is 49.6 Å². The molecular formula is C20H19ClN2O4. The molecule has 0 N–H and O–H groups in total. The first kappa shape index (κ1) is 17.8. The molecule has 2 aromatic rings. The number of esters is 1. The lowest BCUT2D eigenvalue weighted by molar-refractivity contribution is -0.161. The molecule has 0 saturated heterocycles. The van der Waals surface area contributed by atoms with E-state index >= 15 is 0 Å². The van der Waals surface area contributed by atoms with Gasteiger partial charge in [-0.3, -0.25) is 9.59 Å². The Hall–Kier alpha value is -2.60. The fourth-order valence-corrected chi connectivity index (χ4v) is 3.19. The summed E-state index contributed by atoms with van der Waals surface area (Å²) in [5.74, 6) is -0.106. The molecule has 1 aromatic heterocycles.